The summed E-state index contributed by atoms with van der Waals surface area (Å²) in [5.41, 5.74) is 4.33. The highest BCUT2D eigenvalue weighted by molar-refractivity contribution is 6.11. The van der Waals surface area contributed by atoms with Crippen LogP contribution in [0.4, 0.5) is 0 Å². The van der Waals surface area contributed by atoms with Gasteiger partial charge in [0.15, 0.2) is 5.78 Å². The lowest BCUT2D eigenvalue weighted by Gasteiger charge is -2.06. The van der Waals surface area contributed by atoms with E-state index in [0.29, 0.717) is 5.56 Å². The van der Waals surface area contributed by atoms with E-state index in [9.17, 15) is 9.59 Å². The van der Waals surface area contributed by atoms with E-state index in [0.717, 1.165) is 41.2 Å². The van der Waals surface area contributed by atoms with E-state index < -0.39 is 5.97 Å². The van der Waals surface area contributed by atoms with Crippen molar-refractivity contribution in [1.82, 2.24) is 0 Å². The van der Waals surface area contributed by atoms with Gasteiger partial charge in [-0.15, -0.1) is 0 Å². The topological polar surface area (TPSA) is 54.4 Å². The summed E-state index contributed by atoms with van der Waals surface area (Å²) < 4.78 is 0. The number of carboxylic acids is 1. The Kier molecular flexibility index (Phi) is 3.40. The Hall–Kier alpha value is -2.68. The minimum atomic E-state index is -0.978. The highest BCUT2D eigenvalue weighted by Gasteiger charge is 2.20. The van der Waals surface area contributed by atoms with Crippen LogP contribution in [0.5, 0.6) is 0 Å². The van der Waals surface area contributed by atoms with E-state index in [1.165, 1.54) is 0 Å². The van der Waals surface area contributed by atoms with E-state index >= 15 is 0 Å². The predicted octanol–water partition coefficient (Wildman–Crippen LogP) is 3.11. The molecule has 104 valence electrons. The predicted molar refractivity (Wildman–Crippen MR) is 80.4 cm³/mol. The van der Waals surface area contributed by atoms with Crippen LogP contribution in [0.3, 0.4) is 0 Å². The van der Waals surface area contributed by atoms with Gasteiger partial charge in [-0.3, -0.25) is 4.79 Å². The Bertz CT molecular complexity index is 757. The lowest BCUT2D eigenvalue weighted by atomic mass is 9.97. The zero-order valence-electron chi connectivity index (χ0n) is 11.4. The van der Waals surface area contributed by atoms with Crippen molar-refractivity contribution in [3.63, 3.8) is 0 Å². The summed E-state index contributed by atoms with van der Waals surface area (Å²) in [7, 11) is 0. The molecule has 0 heterocycles. The van der Waals surface area contributed by atoms with Crippen LogP contribution in [0.1, 0.15) is 32.6 Å². The normalized spacial score (nSPS) is 13.6. The molecule has 0 unspecified atom stereocenters. The summed E-state index contributed by atoms with van der Waals surface area (Å²) in [6, 6.07) is 13.2. The molecule has 0 aromatic heterocycles. The summed E-state index contributed by atoms with van der Waals surface area (Å²) >= 11 is 0. The third-order valence-corrected chi connectivity index (χ3v) is 3.72. The molecule has 0 aliphatic heterocycles. The van der Waals surface area contributed by atoms with Gasteiger partial charge in [-0.2, -0.15) is 0 Å². The molecule has 0 bridgehead atoms. The number of benzene rings is 2. The molecule has 0 spiro atoms. The van der Waals surface area contributed by atoms with E-state index in [2.05, 4.69) is 0 Å². The Morgan fingerprint density at radius 3 is 2.52 bits per heavy atom. The van der Waals surface area contributed by atoms with Crippen molar-refractivity contribution < 1.29 is 14.7 Å². The van der Waals surface area contributed by atoms with Crippen molar-refractivity contribution in [2.24, 2.45) is 0 Å². The molecule has 0 saturated heterocycles. The Morgan fingerprint density at radius 2 is 1.71 bits per heavy atom. The second-order valence-electron chi connectivity index (χ2n) is 5.07. The van der Waals surface area contributed by atoms with Crippen LogP contribution in [0.15, 0.2) is 48.5 Å². The maximum absolute atomic E-state index is 12.6. The van der Waals surface area contributed by atoms with Crippen molar-refractivity contribution in [3.05, 3.63) is 76.4 Å². The molecule has 1 aliphatic carbocycles. The molecule has 0 saturated carbocycles. The van der Waals surface area contributed by atoms with Gasteiger partial charge in [0.1, 0.15) is 0 Å². The highest BCUT2D eigenvalue weighted by Crippen LogP contribution is 2.25. The first-order valence-electron chi connectivity index (χ1n) is 6.82. The molecule has 3 nitrogen and oxygen atoms in total. The van der Waals surface area contributed by atoms with Gasteiger partial charge in [-0.1, -0.05) is 42.5 Å². The SMILES string of the molecule is O=C(O)C=Cc1ccc2c(c1)CCc1ccccc1C2=O. The number of aliphatic carboxylic acids is 1. The molecule has 1 N–H and O–H groups in total. The maximum atomic E-state index is 12.6. The van der Waals surface area contributed by atoms with Gasteiger partial charge in [0.2, 0.25) is 0 Å². The molecular weight excluding hydrogens is 264 g/mol. The van der Waals surface area contributed by atoms with Gasteiger partial charge >= 0.3 is 5.97 Å². The zero-order chi connectivity index (χ0) is 14.8. The second kappa shape index (κ2) is 5.37. The molecule has 3 rings (SSSR count). The summed E-state index contributed by atoms with van der Waals surface area (Å²) in [6.07, 6.45) is 4.26. The van der Waals surface area contributed by atoms with Crippen LogP contribution in [0.25, 0.3) is 6.08 Å². The molecule has 1 aliphatic rings. The average molecular weight is 278 g/mol. The molecule has 0 fully saturated rings. The molecule has 3 heteroatoms. The number of ketones is 1. The maximum Gasteiger partial charge on any atom is 0.328 e. The van der Waals surface area contributed by atoms with Crippen molar-refractivity contribution in [1.29, 1.82) is 0 Å². The molecule has 0 radical (unpaired) electrons. The fraction of sp³-hybridized carbons (Fsp3) is 0.111. The van der Waals surface area contributed by atoms with Crippen molar-refractivity contribution in [3.8, 4) is 0 Å². The summed E-state index contributed by atoms with van der Waals surface area (Å²) in [6.45, 7) is 0. The monoisotopic (exact) mass is 278 g/mol. The lowest BCUT2D eigenvalue weighted by molar-refractivity contribution is -0.131. The number of aryl methyl sites for hydroxylation is 2. The number of carbonyl (C=O) groups excluding carboxylic acids is 1. The molecule has 0 amide bonds. The van der Waals surface area contributed by atoms with Crippen molar-refractivity contribution in [2.75, 3.05) is 0 Å². The lowest BCUT2D eigenvalue weighted by Crippen LogP contribution is -2.04. The van der Waals surface area contributed by atoms with Crippen molar-refractivity contribution >= 4 is 17.8 Å². The standard InChI is InChI=1S/C18H14O3/c19-17(20)10-6-12-5-9-16-14(11-12)8-7-13-3-1-2-4-15(13)18(16)21/h1-6,9-11H,7-8H2,(H,19,20). The summed E-state index contributed by atoms with van der Waals surface area (Å²) in [4.78, 5) is 23.2. The van der Waals surface area contributed by atoms with Gasteiger partial charge < -0.3 is 5.11 Å². The third-order valence-electron chi connectivity index (χ3n) is 3.72. The fourth-order valence-electron chi connectivity index (χ4n) is 2.69. The Balaban J connectivity index is 2.03. The third kappa shape index (κ3) is 2.63. The summed E-state index contributed by atoms with van der Waals surface area (Å²) in [5.74, 6) is -0.930. The van der Waals surface area contributed by atoms with Crippen LogP contribution in [0.2, 0.25) is 0 Å². The van der Waals surface area contributed by atoms with E-state index in [1.54, 1.807) is 18.2 Å². The van der Waals surface area contributed by atoms with Gasteiger partial charge in [0, 0.05) is 17.2 Å². The number of hydrogen-bond acceptors (Lipinski definition) is 2. The number of fused-ring (bicyclic) bond motifs is 2. The van der Waals surface area contributed by atoms with Gasteiger partial charge in [-0.05, 0) is 35.6 Å². The van der Waals surface area contributed by atoms with Crippen LogP contribution in [0, 0.1) is 0 Å². The van der Waals surface area contributed by atoms with E-state index in [-0.39, 0.29) is 5.78 Å². The first-order valence-corrected chi connectivity index (χ1v) is 6.82. The molecule has 0 atom stereocenters. The van der Waals surface area contributed by atoms with E-state index in [1.807, 2.05) is 30.3 Å². The van der Waals surface area contributed by atoms with Crippen molar-refractivity contribution in [2.45, 2.75) is 12.8 Å². The fourth-order valence-corrected chi connectivity index (χ4v) is 2.69. The van der Waals surface area contributed by atoms with Gasteiger partial charge in [0.05, 0.1) is 0 Å². The van der Waals surface area contributed by atoms with Crippen LogP contribution in [-0.2, 0) is 17.6 Å². The second-order valence-corrected chi connectivity index (χ2v) is 5.07. The Labute approximate surface area is 122 Å². The smallest absolute Gasteiger partial charge is 0.328 e. The molecule has 2 aromatic carbocycles. The average Bonchev–Trinajstić information content (AvgIpc) is 2.63. The number of rotatable bonds is 2. The molecular formula is C18H14O3. The van der Waals surface area contributed by atoms with Crippen LogP contribution in [-0.4, -0.2) is 16.9 Å². The first-order chi connectivity index (χ1) is 10.1. The van der Waals surface area contributed by atoms with Crippen LogP contribution < -0.4 is 0 Å². The highest BCUT2D eigenvalue weighted by atomic mass is 16.4. The summed E-state index contributed by atoms with van der Waals surface area (Å²) in [5, 5.41) is 8.68. The Morgan fingerprint density at radius 1 is 1.00 bits per heavy atom. The molecule has 21 heavy (non-hydrogen) atoms. The number of carbonyl (C=O) groups is 2. The van der Waals surface area contributed by atoms with Gasteiger partial charge in [0.25, 0.3) is 0 Å². The zero-order valence-corrected chi connectivity index (χ0v) is 11.4. The van der Waals surface area contributed by atoms with Crippen LogP contribution >= 0.6 is 0 Å². The first kappa shape index (κ1) is 13.3. The quantitative estimate of drug-likeness (QED) is 0.859. The van der Waals surface area contributed by atoms with E-state index in [4.69, 9.17) is 5.11 Å². The number of hydrogen-bond donors (Lipinski definition) is 1. The van der Waals surface area contributed by atoms with Gasteiger partial charge in [-0.25, -0.2) is 4.79 Å². The minimum absolute atomic E-state index is 0.0480. The molecule has 2 aromatic rings. The largest absolute Gasteiger partial charge is 0.478 e. The number of carboxylic acid groups (broad SMARTS) is 1. The minimum Gasteiger partial charge on any atom is -0.478 e.